The fourth-order valence-electron chi connectivity index (χ4n) is 7.09. The maximum absolute atomic E-state index is 14.3. The number of likely N-dealkylation sites (N-methyl/N-ethyl adjacent to an activating group) is 1. The number of benzene rings is 1. The van der Waals surface area contributed by atoms with Crippen LogP contribution in [0, 0.1) is 17.3 Å². The second kappa shape index (κ2) is 17.4. The number of aliphatic hydroxyl groups is 1. The summed E-state index contributed by atoms with van der Waals surface area (Å²) in [6, 6.07) is 8.71. The van der Waals surface area contributed by atoms with E-state index in [1.54, 1.807) is 32.8 Å². The number of aliphatic hydroxyl groups excluding tert-OH is 1. The number of methoxy groups -OCH3 is 1. The molecule has 0 bridgehead atoms. The molecule has 0 aliphatic carbocycles. The number of Topliss-reactive ketones (excluding diaryl/α,β-unsaturated/α-hetero) is 1. The number of hydrogen-bond donors (Lipinski definition) is 2. The third-order valence-electron chi connectivity index (χ3n) is 9.87. The van der Waals surface area contributed by atoms with Gasteiger partial charge >= 0.3 is 12.0 Å². The quantitative estimate of drug-likeness (QED) is 0.350. The van der Waals surface area contributed by atoms with Crippen LogP contribution in [0.5, 0.6) is 0 Å². The van der Waals surface area contributed by atoms with Gasteiger partial charge in [-0.3, -0.25) is 9.59 Å². The molecular weight excluding hydrogens is 616 g/mol. The van der Waals surface area contributed by atoms with Crippen LogP contribution in [0.1, 0.15) is 60.8 Å². The number of ketones is 1. The molecule has 2 saturated heterocycles. The predicted octanol–water partition coefficient (Wildman–Crippen LogP) is 3.87. The van der Waals surface area contributed by atoms with Crippen LogP contribution in [0.15, 0.2) is 30.3 Å². The van der Waals surface area contributed by atoms with Gasteiger partial charge in [-0.05, 0) is 92.7 Å². The first-order valence-electron chi connectivity index (χ1n) is 17.2. The molecule has 2 N–H and O–H groups in total. The molecule has 0 unspecified atom stereocenters. The van der Waals surface area contributed by atoms with Crippen LogP contribution < -0.4 is 5.32 Å². The van der Waals surface area contributed by atoms with Gasteiger partial charge in [0.05, 0.1) is 24.4 Å². The molecule has 48 heavy (non-hydrogen) atoms. The van der Waals surface area contributed by atoms with Crippen molar-refractivity contribution in [2.24, 2.45) is 17.3 Å². The minimum Gasteiger partial charge on any atom is -0.463 e. The van der Waals surface area contributed by atoms with Gasteiger partial charge in [0.25, 0.3) is 0 Å². The lowest BCUT2D eigenvalue weighted by Crippen LogP contribution is -2.59. The van der Waals surface area contributed by atoms with E-state index in [-0.39, 0.29) is 43.0 Å². The molecule has 1 aromatic rings. The highest BCUT2D eigenvalue weighted by molar-refractivity contribution is 6.04. The van der Waals surface area contributed by atoms with Crippen molar-refractivity contribution < 1.29 is 38.4 Å². The smallest absolute Gasteiger partial charge is 0.321 e. The Labute approximate surface area is 287 Å². The number of carbonyl (C=O) groups is 3. The minimum absolute atomic E-state index is 0.0688. The molecule has 2 amide bonds. The molecule has 0 spiro atoms. The van der Waals surface area contributed by atoms with E-state index in [4.69, 9.17) is 18.9 Å². The molecule has 0 saturated carbocycles. The zero-order valence-electron chi connectivity index (χ0n) is 30.7. The highest BCUT2D eigenvalue weighted by Crippen LogP contribution is 2.38. The number of urea groups is 1. The number of rotatable bonds is 5. The van der Waals surface area contributed by atoms with E-state index >= 15 is 0 Å². The fraction of sp³-hybridized carbons (Fsp3) is 0.750. The van der Waals surface area contributed by atoms with E-state index in [9.17, 15) is 19.5 Å². The number of nitrogens with zero attached hydrogens (tertiary/aromatic N) is 3. The average Bonchev–Trinajstić information content (AvgIpc) is 3.02. The molecule has 1 aromatic carbocycles. The second-order valence-corrected chi connectivity index (χ2v) is 14.8. The van der Waals surface area contributed by atoms with Crippen LogP contribution in [-0.4, -0.2) is 135 Å². The highest BCUT2D eigenvalue weighted by Gasteiger charge is 2.51. The zero-order chi connectivity index (χ0) is 35.8. The topological polar surface area (TPSA) is 130 Å². The van der Waals surface area contributed by atoms with Crippen LogP contribution in [0.25, 0.3) is 0 Å². The third-order valence-corrected chi connectivity index (χ3v) is 9.87. The van der Waals surface area contributed by atoms with Crippen molar-refractivity contribution in [1.29, 1.82) is 0 Å². The SMILES string of the molecule is CO[C@]1(C)C[C@@H](C)CN(C)CCCN(C(=O)Nc2ccccc2)CCOC(=O)C(C)(C)C(=O)[C@H](C)[C@H]1O[C@@H]1O[C@H](C)C[C@H](N(C)C)[C@H]1O. The van der Waals surface area contributed by atoms with Crippen LogP contribution in [-0.2, 0) is 28.5 Å². The van der Waals surface area contributed by atoms with E-state index in [1.807, 2.05) is 70.2 Å². The van der Waals surface area contributed by atoms with Gasteiger partial charge in [-0.2, -0.15) is 0 Å². The zero-order valence-corrected chi connectivity index (χ0v) is 30.7. The van der Waals surface area contributed by atoms with E-state index in [1.165, 1.54) is 0 Å². The summed E-state index contributed by atoms with van der Waals surface area (Å²) >= 11 is 0. The molecule has 0 radical (unpaired) electrons. The number of ether oxygens (including phenoxy) is 4. The van der Waals surface area contributed by atoms with Crippen molar-refractivity contribution in [3.63, 3.8) is 0 Å². The number of amides is 2. The van der Waals surface area contributed by atoms with Crippen molar-refractivity contribution in [2.45, 2.75) is 97.0 Å². The standard InChI is InChI=1S/C36H60N4O8/c1-24-22-36(6,45-10)31(48-32-29(41)28(38(7)8)21-25(2)47-32)26(3)30(42)35(4,5)33(43)46-20-19-40(18-14-17-39(9)23-24)34(44)37-27-15-12-11-13-16-27/h11-13,15-16,24-26,28-29,31-32,41H,14,17-23H2,1-10H3,(H,37,44)/t24-,25-,26+,28+,29-,31-,32+,36-/m1/s1. The molecule has 0 aromatic heterocycles. The molecule has 2 fully saturated rings. The van der Waals surface area contributed by atoms with Gasteiger partial charge in [-0.15, -0.1) is 0 Å². The van der Waals surface area contributed by atoms with Crippen molar-refractivity contribution in [3.05, 3.63) is 30.3 Å². The number of anilines is 1. The number of cyclic esters (lactones) is 1. The highest BCUT2D eigenvalue weighted by atomic mass is 16.7. The first kappa shape index (κ1) is 39.8. The van der Waals surface area contributed by atoms with Gasteiger partial charge in [0.2, 0.25) is 0 Å². The van der Waals surface area contributed by atoms with Crippen LogP contribution in [0.2, 0.25) is 0 Å². The third kappa shape index (κ3) is 10.2. The summed E-state index contributed by atoms with van der Waals surface area (Å²) in [5.41, 5.74) is -1.84. The number of nitrogens with one attached hydrogen (secondary N) is 1. The molecule has 8 atom stereocenters. The second-order valence-electron chi connectivity index (χ2n) is 14.8. The summed E-state index contributed by atoms with van der Waals surface area (Å²) in [5, 5.41) is 14.3. The lowest BCUT2D eigenvalue weighted by molar-refractivity contribution is -0.295. The fourth-order valence-corrected chi connectivity index (χ4v) is 7.09. The Kier molecular flexibility index (Phi) is 14.4. The predicted molar refractivity (Wildman–Crippen MR) is 185 cm³/mol. The first-order valence-corrected chi connectivity index (χ1v) is 17.2. The number of esters is 1. The Morgan fingerprint density at radius 1 is 1.06 bits per heavy atom. The first-order chi connectivity index (χ1) is 22.5. The van der Waals surface area contributed by atoms with Crippen molar-refractivity contribution in [3.8, 4) is 0 Å². The Balaban J connectivity index is 1.92. The summed E-state index contributed by atoms with van der Waals surface area (Å²) in [7, 11) is 7.46. The van der Waals surface area contributed by atoms with E-state index in [0.717, 1.165) is 13.1 Å². The summed E-state index contributed by atoms with van der Waals surface area (Å²) < 4.78 is 24.6. The summed E-state index contributed by atoms with van der Waals surface area (Å²) in [4.78, 5) is 46.9. The number of carbonyl (C=O) groups excluding carboxylic acids is 3. The van der Waals surface area contributed by atoms with Crippen molar-refractivity contribution >= 4 is 23.5 Å². The Hall–Kier alpha value is -2.61. The Bertz CT molecular complexity index is 1200. The van der Waals surface area contributed by atoms with E-state index in [0.29, 0.717) is 31.5 Å². The lowest BCUT2D eigenvalue weighted by Gasteiger charge is -2.47. The van der Waals surface area contributed by atoms with Gasteiger partial charge < -0.3 is 44.1 Å². The molecular formula is C36H60N4O8. The van der Waals surface area contributed by atoms with Crippen molar-refractivity contribution in [2.75, 3.05) is 66.4 Å². The largest absolute Gasteiger partial charge is 0.463 e. The molecule has 2 aliphatic rings. The molecule has 272 valence electrons. The number of hydrogen-bond acceptors (Lipinski definition) is 10. The monoisotopic (exact) mass is 676 g/mol. The maximum atomic E-state index is 14.3. The summed E-state index contributed by atoms with van der Waals surface area (Å²) in [5.74, 6) is -1.79. The molecule has 3 rings (SSSR count). The normalized spacial score (nSPS) is 33.6. The summed E-state index contributed by atoms with van der Waals surface area (Å²) in [6.45, 7) is 12.8. The lowest BCUT2D eigenvalue weighted by atomic mass is 9.74. The van der Waals surface area contributed by atoms with Gasteiger partial charge in [0.15, 0.2) is 12.1 Å². The molecule has 2 heterocycles. The van der Waals surface area contributed by atoms with Crippen LogP contribution in [0.3, 0.4) is 0 Å². The van der Waals surface area contributed by atoms with E-state index < -0.39 is 41.4 Å². The molecule has 12 heteroatoms. The van der Waals surface area contributed by atoms with E-state index in [2.05, 4.69) is 17.1 Å². The summed E-state index contributed by atoms with van der Waals surface area (Å²) in [6.07, 6.45) is -1.16. The number of para-hydroxylation sites is 1. The van der Waals surface area contributed by atoms with Gasteiger partial charge in [0, 0.05) is 37.8 Å². The van der Waals surface area contributed by atoms with Crippen molar-refractivity contribution in [1.82, 2.24) is 14.7 Å². The van der Waals surface area contributed by atoms with Crippen LogP contribution >= 0.6 is 0 Å². The molecule has 12 nitrogen and oxygen atoms in total. The average molecular weight is 677 g/mol. The minimum atomic E-state index is -1.53. The van der Waals surface area contributed by atoms with Crippen LogP contribution in [0.4, 0.5) is 10.5 Å². The van der Waals surface area contributed by atoms with Gasteiger partial charge in [-0.25, -0.2) is 4.79 Å². The van der Waals surface area contributed by atoms with Gasteiger partial charge in [-0.1, -0.05) is 32.0 Å². The maximum Gasteiger partial charge on any atom is 0.321 e. The Morgan fingerprint density at radius 3 is 2.35 bits per heavy atom. The van der Waals surface area contributed by atoms with Gasteiger partial charge in [0.1, 0.15) is 18.1 Å². The Morgan fingerprint density at radius 2 is 1.73 bits per heavy atom. The molecule has 2 aliphatic heterocycles.